The molecule has 3 aromatic rings. The maximum atomic E-state index is 5.60. The molecule has 6 heteroatoms. The van der Waals surface area contributed by atoms with Gasteiger partial charge in [-0.25, -0.2) is 4.98 Å². The molecule has 3 heterocycles. The van der Waals surface area contributed by atoms with Crippen LogP contribution in [0.2, 0.25) is 0 Å². The van der Waals surface area contributed by atoms with E-state index in [1.807, 2.05) is 18.2 Å². The normalized spacial score (nSPS) is 14.5. The molecule has 0 aliphatic carbocycles. The number of H-pyrrole nitrogens is 1. The van der Waals surface area contributed by atoms with E-state index in [0.29, 0.717) is 12.5 Å². The minimum atomic E-state index is 0.124. The van der Waals surface area contributed by atoms with Gasteiger partial charge in [-0.2, -0.15) is 5.10 Å². The summed E-state index contributed by atoms with van der Waals surface area (Å²) in [5.74, 6) is 0.619. The predicted molar refractivity (Wildman–Crippen MR) is 100 cm³/mol. The quantitative estimate of drug-likeness (QED) is 0.734. The van der Waals surface area contributed by atoms with Crippen LogP contribution in [0.25, 0.3) is 11.3 Å². The van der Waals surface area contributed by atoms with Crippen LogP contribution in [0.1, 0.15) is 29.8 Å². The van der Waals surface area contributed by atoms with Gasteiger partial charge in [0.1, 0.15) is 0 Å². The molecule has 1 atom stereocenters. The summed E-state index contributed by atoms with van der Waals surface area (Å²) in [7, 11) is 1.63. The van der Waals surface area contributed by atoms with Gasteiger partial charge in [0.05, 0.1) is 26.0 Å². The molecule has 4 rings (SSSR count). The van der Waals surface area contributed by atoms with E-state index in [-0.39, 0.29) is 6.04 Å². The van der Waals surface area contributed by atoms with Gasteiger partial charge in [-0.1, -0.05) is 12.1 Å². The van der Waals surface area contributed by atoms with E-state index in [1.54, 1.807) is 13.3 Å². The molecular weight excluding hydrogens is 328 g/mol. The third-order valence-corrected chi connectivity index (χ3v) is 4.68. The average Bonchev–Trinajstić information content (AvgIpc) is 3.12. The Hall–Kier alpha value is -2.86. The van der Waals surface area contributed by atoms with Crippen LogP contribution in [-0.4, -0.2) is 28.9 Å². The zero-order valence-corrected chi connectivity index (χ0v) is 15.0. The largest absolute Gasteiger partial charge is 0.481 e. The fourth-order valence-corrected chi connectivity index (χ4v) is 3.25. The van der Waals surface area contributed by atoms with Crippen LogP contribution in [-0.2, 0) is 17.8 Å². The van der Waals surface area contributed by atoms with Crippen molar-refractivity contribution in [2.24, 2.45) is 0 Å². The van der Waals surface area contributed by atoms with Crippen LogP contribution in [0.4, 0.5) is 5.69 Å². The molecule has 2 aromatic heterocycles. The lowest BCUT2D eigenvalue weighted by Gasteiger charge is -2.17. The molecule has 6 nitrogen and oxygen atoms in total. The van der Waals surface area contributed by atoms with Crippen LogP contribution in [0, 0.1) is 0 Å². The zero-order chi connectivity index (χ0) is 17.9. The van der Waals surface area contributed by atoms with Crippen molar-refractivity contribution in [3.8, 4) is 17.1 Å². The monoisotopic (exact) mass is 350 g/mol. The summed E-state index contributed by atoms with van der Waals surface area (Å²) in [6.07, 6.45) is 2.65. The molecule has 1 aromatic carbocycles. The van der Waals surface area contributed by atoms with Crippen molar-refractivity contribution in [3.63, 3.8) is 0 Å². The van der Waals surface area contributed by atoms with Gasteiger partial charge in [0, 0.05) is 47.2 Å². The number of rotatable bonds is 5. The third-order valence-electron chi connectivity index (χ3n) is 4.68. The summed E-state index contributed by atoms with van der Waals surface area (Å²) < 4.78 is 10.8. The third kappa shape index (κ3) is 3.28. The van der Waals surface area contributed by atoms with E-state index in [9.17, 15) is 0 Å². The first-order valence-corrected chi connectivity index (χ1v) is 8.75. The number of nitrogens with zero attached hydrogens (tertiary/aromatic N) is 2. The molecule has 0 spiro atoms. The van der Waals surface area contributed by atoms with Crippen molar-refractivity contribution in [2.45, 2.75) is 26.0 Å². The number of methoxy groups -OCH3 is 1. The Labute approximate surface area is 152 Å². The van der Waals surface area contributed by atoms with Gasteiger partial charge >= 0.3 is 0 Å². The first kappa shape index (κ1) is 16.6. The Morgan fingerprint density at radius 2 is 2.19 bits per heavy atom. The van der Waals surface area contributed by atoms with Gasteiger partial charge in [0.15, 0.2) is 0 Å². The Bertz CT molecular complexity index is 906. The molecule has 1 aliphatic heterocycles. The van der Waals surface area contributed by atoms with Crippen molar-refractivity contribution in [3.05, 3.63) is 59.4 Å². The van der Waals surface area contributed by atoms with Crippen molar-refractivity contribution in [2.75, 3.05) is 19.0 Å². The Kier molecular flexibility index (Phi) is 4.58. The molecule has 0 amide bonds. The number of fused-ring (bicyclic) bond motifs is 1. The maximum Gasteiger partial charge on any atom is 0.213 e. The molecule has 2 N–H and O–H groups in total. The smallest absolute Gasteiger partial charge is 0.213 e. The highest BCUT2D eigenvalue weighted by molar-refractivity contribution is 5.68. The molecular formula is C20H22N4O2. The highest BCUT2D eigenvalue weighted by Gasteiger charge is 2.18. The van der Waals surface area contributed by atoms with Crippen molar-refractivity contribution < 1.29 is 9.47 Å². The van der Waals surface area contributed by atoms with Crippen LogP contribution in [0.5, 0.6) is 5.88 Å². The van der Waals surface area contributed by atoms with Crippen LogP contribution in [0.15, 0.2) is 42.6 Å². The van der Waals surface area contributed by atoms with Crippen molar-refractivity contribution >= 4 is 5.69 Å². The minimum absolute atomic E-state index is 0.124. The van der Waals surface area contributed by atoms with E-state index < -0.39 is 0 Å². The van der Waals surface area contributed by atoms with Crippen LogP contribution >= 0.6 is 0 Å². The van der Waals surface area contributed by atoms with Crippen LogP contribution in [0.3, 0.4) is 0 Å². The minimum Gasteiger partial charge on any atom is -0.481 e. The number of anilines is 1. The molecule has 0 saturated carbocycles. The summed E-state index contributed by atoms with van der Waals surface area (Å²) in [6, 6.07) is 12.4. The number of aromatic nitrogens is 3. The fourth-order valence-electron chi connectivity index (χ4n) is 3.25. The van der Waals surface area contributed by atoms with E-state index in [4.69, 9.17) is 9.47 Å². The zero-order valence-electron chi connectivity index (χ0n) is 15.0. The lowest BCUT2D eigenvalue weighted by Crippen LogP contribution is -2.09. The summed E-state index contributed by atoms with van der Waals surface area (Å²) >= 11 is 0. The Balaban J connectivity index is 1.57. The van der Waals surface area contributed by atoms with E-state index in [2.05, 4.69) is 45.6 Å². The van der Waals surface area contributed by atoms with Crippen molar-refractivity contribution in [1.82, 2.24) is 15.2 Å². The molecule has 0 radical (unpaired) electrons. The number of aromatic amines is 1. The number of ether oxygens (including phenoxy) is 2. The summed E-state index contributed by atoms with van der Waals surface area (Å²) in [4.78, 5) is 4.16. The molecule has 0 fully saturated rings. The molecule has 134 valence electrons. The average molecular weight is 350 g/mol. The molecule has 0 saturated heterocycles. The number of pyridine rings is 1. The number of nitrogens with one attached hydrogen (secondary N) is 2. The first-order chi connectivity index (χ1) is 12.7. The van der Waals surface area contributed by atoms with Gasteiger partial charge in [0.25, 0.3) is 0 Å². The summed E-state index contributed by atoms with van der Waals surface area (Å²) in [5, 5.41) is 11.2. The molecule has 0 bridgehead atoms. The second kappa shape index (κ2) is 7.17. The number of hydrogen-bond acceptors (Lipinski definition) is 5. The van der Waals surface area contributed by atoms with Gasteiger partial charge in [0.2, 0.25) is 5.88 Å². The number of hydrogen-bond donors (Lipinski definition) is 2. The van der Waals surface area contributed by atoms with Crippen LogP contribution < -0.4 is 10.1 Å². The lowest BCUT2D eigenvalue weighted by atomic mass is 10.0. The number of benzene rings is 1. The van der Waals surface area contributed by atoms with E-state index >= 15 is 0 Å². The molecule has 1 aliphatic rings. The maximum absolute atomic E-state index is 5.60. The summed E-state index contributed by atoms with van der Waals surface area (Å²) in [6.45, 7) is 3.49. The Morgan fingerprint density at radius 1 is 1.27 bits per heavy atom. The van der Waals surface area contributed by atoms with Gasteiger partial charge in [-0.15, -0.1) is 0 Å². The highest BCUT2D eigenvalue weighted by Crippen LogP contribution is 2.30. The van der Waals surface area contributed by atoms with Gasteiger partial charge < -0.3 is 14.8 Å². The lowest BCUT2D eigenvalue weighted by molar-refractivity contribution is 0.110. The second-order valence-corrected chi connectivity index (χ2v) is 6.41. The van der Waals surface area contributed by atoms with Crippen molar-refractivity contribution in [1.29, 1.82) is 0 Å². The molecule has 1 unspecified atom stereocenters. The fraction of sp³-hybridized carbons (Fsp3) is 0.300. The van der Waals surface area contributed by atoms with E-state index in [1.165, 1.54) is 11.3 Å². The topological polar surface area (TPSA) is 72.1 Å². The second-order valence-electron chi connectivity index (χ2n) is 6.41. The van der Waals surface area contributed by atoms with Gasteiger partial charge in [-0.05, 0) is 30.7 Å². The standard InChI is InChI=1S/C20H22N4O2/c1-13(14-6-8-21-19(11-14)25-2)22-16-5-3-4-15(10-16)20-17-12-26-9-7-18(17)23-24-20/h3-6,8,10-11,13,22H,7,9,12H2,1-2H3,(H,23,24). The first-order valence-electron chi connectivity index (χ1n) is 8.75. The highest BCUT2D eigenvalue weighted by atomic mass is 16.5. The molecule has 26 heavy (non-hydrogen) atoms. The van der Waals surface area contributed by atoms with Gasteiger partial charge in [-0.3, -0.25) is 5.10 Å². The SMILES string of the molecule is COc1cc(C(C)Nc2cccc(-c3n[nH]c4c3COCC4)c2)ccn1. The van der Waals surface area contributed by atoms with E-state index in [0.717, 1.165) is 35.5 Å². The summed E-state index contributed by atoms with van der Waals surface area (Å²) in [5.41, 5.74) is 6.56. The Morgan fingerprint density at radius 3 is 3.08 bits per heavy atom. The predicted octanol–water partition coefficient (Wildman–Crippen LogP) is 3.73.